The molecule has 0 aromatic heterocycles. The Labute approximate surface area is 155 Å². The van der Waals surface area contributed by atoms with Gasteiger partial charge in [0.15, 0.2) is 0 Å². The van der Waals surface area contributed by atoms with E-state index in [0.29, 0.717) is 17.8 Å². The van der Waals surface area contributed by atoms with Gasteiger partial charge in [-0.2, -0.15) is 0 Å². The lowest BCUT2D eigenvalue weighted by Gasteiger charge is -2.09. The molecule has 0 aliphatic carbocycles. The largest absolute Gasteiger partial charge is 0.326 e. The molecule has 0 bridgehead atoms. The van der Waals surface area contributed by atoms with Crippen LogP contribution in [0.4, 0.5) is 17.1 Å². The fourth-order valence-electron chi connectivity index (χ4n) is 2.31. The van der Waals surface area contributed by atoms with Gasteiger partial charge in [-0.25, -0.2) is 0 Å². The van der Waals surface area contributed by atoms with Crippen molar-refractivity contribution in [2.24, 2.45) is 0 Å². The summed E-state index contributed by atoms with van der Waals surface area (Å²) in [5.41, 5.74) is 0.719. The van der Waals surface area contributed by atoms with Crippen LogP contribution in [-0.2, 0) is 4.79 Å². The second-order valence-electron chi connectivity index (χ2n) is 5.47. The highest BCUT2D eigenvalue weighted by atomic mass is 32.2. The number of nitro benzene ring substituents is 1. The van der Waals surface area contributed by atoms with Crippen LogP contribution in [0, 0.1) is 10.1 Å². The number of nitrogens with one attached hydrogen (secondary N) is 2. The van der Waals surface area contributed by atoms with Crippen LogP contribution < -0.4 is 10.6 Å². The SMILES string of the molecule is CCCC(=O)Nc1cccc(NC(=O)c2cc(SC)ccc2[N+](=O)[O-])c1. The number of nitrogens with zero attached hydrogens (tertiary/aromatic N) is 1. The number of carbonyl (C=O) groups is 2. The topological polar surface area (TPSA) is 101 Å². The summed E-state index contributed by atoms with van der Waals surface area (Å²) < 4.78 is 0. The van der Waals surface area contributed by atoms with Crippen molar-refractivity contribution in [2.45, 2.75) is 24.7 Å². The normalized spacial score (nSPS) is 10.2. The van der Waals surface area contributed by atoms with E-state index in [1.807, 2.05) is 13.2 Å². The lowest BCUT2D eigenvalue weighted by Crippen LogP contribution is -2.15. The van der Waals surface area contributed by atoms with Crippen LogP contribution in [0.5, 0.6) is 0 Å². The molecule has 0 radical (unpaired) electrons. The van der Waals surface area contributed by atoms with Gasteiger partial charge in [0, 0.05) is 28.8 Å². The third-order valence-electron chi connectivity index (χ3n) is 3.53. The molecular weight excluding hydrogens is 354 g/mol. The van der Waals surface area contributed by atoms with E-state index in [9.17, 15) is 19.7 Å². The molecule has 2 aromatic carbocycles. The van der Waals surface area contributed by atoms with Crippen molar-refractivity contribution in [2.75, 3.05) is 16.9 Å². The predicted molar refractivity (Wildman–Crippen MR) is 103 cm³/mol. The van der Waals surface area contributed by atoms with Crippen molar-refractivity contribution in [3.63, 3.8) is 0 Å². The summed E-state index contributed by atoms with van der Waals surface area (Å²) in [6, 6.07) is 11.1. The number of anilines is 2. The van der Waals surface area contributed by atoms with Gasteiger partial charge in [-0.3, -0.25) is 19.7 Å². The Bertz CT molecular complexity index is 839. The van der Waals surface area contributed by atoms with Gasteiger partial charge in [-0.05, 0) is 43.0 Å². The Kier molecular flexibility index (Phi) is 6.74. The van der Waals surface area contributed by atoms with Gasteiger partial charge in [-0.1, -0.05) is 13.0 Å². The maximum atomic E-state index is 12.5. The van der Waals surface area contributed by atoms with Gasteiger partial charge in [0.2, 0.25) is 5.91 Å². The van der Waals surface area contributed by atoms with Crippen LogP contribution in [0.1, 0.15) is 30.1 Å². The van der Waals surface area contributed by atoms with Crippen molar-refractivity contribution in [1.82, 2.24) is 0 Å². The molecule has 0 atom stereocenters. The Morgan fingerprint density at radius 2 is 1.81 bits per heavy atom. The molecule has 0 aliphatic rings. The molecule has 0 saturated carbocycles. The van der Waals surface area contributed by atoms with Crippen LogP contribution in [-0.4, -0.2) is 23.0 Å². The molecule has 0 saturated heterocycles. The number of nitro groups is 1. The van der Waals surface area contributed by atoms with E-state index < -0.39 is 10.8 Å². The Hall–Kier alpha value is -2.87. The molecule has 0 fully saturated rings. The van der Waals surface area contributed by atoms with E-state index in [1.165, 1.54) is 23.9 Å². The van der Waals surface area contributed by atoms with Crippen molar-refractivity contribution in [3.05, 3.63) is 58.1 Å². The van der Waals surface area contributed by atoms with Crippen LogP contribution in [0.15, 0.2) is 47.4 Å². The van der Waals surface area contributed by atoms with Crippen LogP contribution in [0.2, 0.25) is 0 Å². The van der Waals surface area contributed by atoms with Gasteiger partial charge in [0.05, 0.1) is 4.92 Å². The van der Waals surface area contributed by atoms with E-state index in [0.717, 1.165) is 11.3 Å². The highest BCUT2D eigenvalue weighted by Crippen LogP contribution is 2.26. The quantitative estimate of drug-likeness (QED) is 0.428. The first-order valence-electron chi connectivity index (χ1n) is 7.98. The number of benzene rings is 2. The number of rotatable bonds is 7. The van der Waals surface area contributed by atoms with E-state index >= 15 is 0 Å². The van der Waals surface area contributed by atoms with Gasteiger partial charge in [0.1, 0.15) is 5.56 Å². The van der Waals surface area contributed by atoms with Crippen molar-refractivity contribution < 1.29 is 14.5 Å². The minimum absolute atomic E-state index is 0.0118. The first-order valence-corrected chi connectivity index (χ1v) is 9.20. The van der Waals surface area contributed by atoms with Crippen LogP contribution in [0.3, 0.4) is 0 Å². The van der Waals surface area contributed by atoms with Crippen LogP contribution >= 0.6 is 11.8 Å². The number of hydrogen-bond donors (Lipinski definition) is 2. The molecule has 26 heavy (non-hydrogen) atoms. The van der Waals surface area contributed by atoms with Crippen molar-refractivity contribution in [3.8, 4) is 0 Å². The second-order valence-corrected chi connectivity index (χ2v) is 6.35. The molecule has 0 heterocycles. The molecule has 7 nitrogen and oxygen atoms in total. The third-order valence-corrected chi connectivity index (χ3v) is 4.25. The summed E-state index contributed by atoms with van der Waals surface area (Å²) in [7, 11) is 0. The predicted octanol–water partition coefficient (Wildman–Crippen LogP) is 4.31. The van der Waals surface area contributed by atoms with E-state index in [1.54, 1.807) is 30.3 Å². The molecule has 136 valence electrons. The number of carbonyl (C=O) groups excluding carboxylic acids is 2. The minimum Gasteiger partial charge on any atom is -0.326 e. The standard InChI is InChI=1S/C18H19N3O4S/c1-3-5-17(22)19-12-6-4-7-13(10-12)20-18(23)15-11-14(26-2)8-9-16(15)21(24)25/h4,6-11H,3,5H2,1-2H3,(H,19,22)(H,20,23). The first-order chi connectivity index (χ1) is 12.4. The number of hydrogen-bond acceptors (Lipinski definition) is 5. The molecule has 0 unspecified atom stereocenters. The molecule has 8 heteroatoms. The van der Waals surface area contributed by atoms with Gasteiger partial charge >= 0.3 is 0 Å². The molecule has 2 rings (SSSR count). The number of thioether (sulfide) groups is 1. The summed E-state index contributed by atoms with van der Waals surface area (Å²) in [6.45, 7) is 1.91. The molecular formula is C18H19N3O4S. The fourth-order valence-corrected chi connectivity index (χ4v) is 2.75. The molecule has 0 aliphatic heterocycles. The minimum atomic E-state index is -0.583. The van der Waals surface area contributed by atoms with Crippen molar-refractivity contribution in [1.29, 1.82) is 0 Å². The maximum Gasteiger partial charge on any atom is 0.282 e. The lowest BCUT2D eigenvalue weighted by molar-refractivity contribution is -0.385. The monoisotopic (exact) mass is 373 g/mol. The van der Waals surface area contributed by atoms with Crippen LogP contribution in [0.25, 0.3) is 0 Å². The summed E-state index contributed by atoms with van der Waals surface area (Å²) >= 11 is 1.39. The number of amides is 2. The molecule has 2 aromatic rings. The zero-order chi connectivity index (χ0) is 19.1. The Morgan fingerprint density at radius 1 is 1.12 bits per heavy atom. The summed E-state index contributed by atoms with van der Waals surface area (Å²) in [4.78, 5) is 35.6. The average Bonchev–Trinajstić information content (AvgIpc) is 2.61. The third kappa shape index (κ3) is 5.06. The maximum absolute atomic E-state index is 12.5. The Balaban J connectivity index is 2.22. The second kappa shape index (κ2) is 9.00. The smallest absolute Gasteiger partial charge is 0.282 e. The summed E-state index contributed by atoms with van der Waals surface area (Å²) in [5.74, 6) is -0.691. The van der Waals surface area contributed by atoms with Crippen molar-refractivity contribution >= 4 is 40.6 Å². The zero-order valence-electron chi connectivity index (χ0n) is 14.4. The highest BCUT2D eigenvalue weighted by Gasteiger charge is 2.21. The summed E-state index contributed by atoms with van der Waals surface area (Å²) in [5, 5.41) is 16.6. The van der Waals surface area contributed by atoms with Gasteiger partial charge < -0.3 is 10.6 Å². The van der Waals surface area contributed by atoms with E-state index in [2.05, 4.69) is 10.6 Å². The van der Waals surface area contributed by atoms with E-state index in [4.69, 9.17) is 0 Å². The average molecular weight is 373 g/mol. The molecule has 0 spiro atoms. The fraction of sp³-hybridized carbons (Fsp3) is 0.222. The zero-order valence-corrected chi connectivity index (χ0v) is 15.3. The highest BCUT2D eigenvalue weighted by molar-refractivity contribution is 7.98. The van der Waals surface area contributed by atoms with Gasteiger partial charge in [0.25, 0.3) is 11.6 Å². The van der Waals surface area contributed by atoms with Gasteiger partial charge in [-0.15, -0.1) is 11.8 Å². The summed E-state index contributed by atoms with van der Waals surface area (Å²) in [6.07, 6.45) is 2.97. The van der Waals surface area contributed by atoms with E-state index in [-0.39, 0.29) is 17.2 Å². The Morgan fingerprint density at radius 3 is 2.42 bits per heavy atom. The lowest BCUT2D eigenvalue weighted by atomic mass is 10.1. The molecule has 2 N–H and O–H groups in total. The molecule has 2 amide bonds. The first kappa shape index (κ1) is 19.5.